The number of methoxy groups -OCH3 is 1. The minimum Gasteiger partial charge on any atom is -0.497 e. The fraction of sp³-hybridized carbons (Fsp3) is 0.625. The van der Waals surface area contributed by atoms with Crippen molar-refractivity contribution in [3.63, 3.8) is 0 Å². The van der Waals surface area contributed by atoms with E-state index in [4.69, 9.17) is 9.47 Å². The average Bonchev–Trinajstić information content (AvgIpc) is 2.44. The summed E-state index contributed by atoms with van der Waals surface area (Å²) in [6, 6.07) is 7.42. The molecule has 20 heavy (non-hydrogen) atoms. The molecule has 1 aromatic carbocycles. The van der Waals surface area contributed by atoms with E-state index in [0.29, 0.717) is 13.2 Å². The average molecular weight is 279 g/mol. The molecular weight excluding hydrogens is 254 g/mol. The summed E-state index contributed by atoms with van der Waals surface area (Å²) in [5, 5.41) is 13.5. The molecule has 4 nitrogen and oxygen atoms in total. The lowest BCUT2D eigenvalue weighted by atomic mass is 9.75. The fourth-order valence-corrected chi connectivity index (χ4v) is 2.54. The van der Waals surface area contributed by atoms with Crippen molar-refractivity contribution >= 4 is 0 Å². The van der Waals surface area contributed by atoms with Crippen LogP contribution in [0.5, 0.6) is 11.5 Å². The predicted molar refractivity (Wildman–Crippen MR) is 79.4 cm³/mol. The smallest absolute Gasteiger partial charge is 0.123 e. The zero-order valence-corrected chi connectivity index (χ0v) is 12.4. The van der Waals surface area contributed by atoms with Crippen LogP contribution in [0, 0.1) is 0 Å². The van der Waals surface area contributed by atoms with Crippen molar-refractivity contribution in [2.75, 3.05) is 20.3 Å². The van der Waals surface area contributed by atoms with Gasteiger partial charge in [-0.1, -0.05) is 13.0 Å². The Morgan fingerprint density at radius 2 is 2.10 bits per heavy atom. The maximum absolute atomic E-state index is 10.00. The molecule has 2 rings (SSSR count). The van der Waals surface area contributed by atoms with Crippen molar-refractivity contribution in [1.82, 2.24) is 5.32 Å². The molecule has 4 heteroatoms. The highest BCUT2D eigenvalue weighted by atomic mass is 16.5. The molecule has 1 aromatic rings. The van der Waals surface area contributed by atoms with Gasteiger partial charge in [-0.15, -0.1) is 0 Å². The quantitative estimate of drug-likeness (QED) is 0.767. The Bertz CT molecular complexity index is 412. The second-order valence-corrected chi connectivity index (χ2v) is 5.51. The number of nitrogens with one attached hydrogen (secondary N) is 1. The second-order valence-electron chi connectivity index (χ2n) is 5.51. The molecule has 0 saturated heterocycles. The van der Waals surface area contributed by atoms with E-state index in [1.165, 1.54) is 19.3 Å². The Balaban J connectivity index is 1.73. The minimum atomic E-state index is -0.495. The molecule has 1 atom stereocenters. The van der Waals surface area contributed by atoms with Gasteiger partial charge in [-0.2, -0.15) is 0 Å². The van der Waals surface area contributed by atoms with Crippen molar-refractivity contribution in [3.8, 4) is 11.5 Å². The number of hydrogen-bond acceptors (Lipinski definition) is 4. The maximum atomic E-state index is 10.00. The van der Waals surface area contributed by atoms with Gasteiger partial charge in [0.1, 0.15) is 24.2 Å². The van der Waals surface area contributed by atoms with Crippen molar-refractivity contribution < 1.29 is 14.6 Å². The van der Waals surface area contributed by atoms with Gasteiger partial charge >= 0.3 is 0 Å². The summed E-state index contributed by atoms with van der Waals surface area (Å²) in [7, 11) is 1.63. The number of aliphatic hydroxyl groups excluding tert-OH is 1. The number of hydrogen-bond donors (Lipinski definition) is 2. The summed E-state index contributed by atoms with van der Waals surface area (Å²) in [5.74, 6) is 1.48. The lowest BCUT2D eigenvalue weighted by Crippen LogP contribution is -2.53. The van der Waals surface area contributed by atoms with E-state index in [1.807, 2.05) is 24.3 Å². The molecule has 1 saturated carbocycles. The topological polar surface area (TPSA) is 50.7 Å². The van der Waals surface area contributed by atoms with Crippen molar-refractivity contribution in [3.05, 3.63) is 24.3 Å². The van der Waals surface area contributed by atoms with Crippen molar-refractivity contribution in [2.45, 2.75) is 44.2 Å². The predicted octanol–water partition coefficient (Wildman–Crippen LogP) is 2.36. The SMILES string of the molecule is CCC1(NCC(O)COc2cccc(OC)c2)CCC1. The van der Waals surface area contributed by atoms with E-state index in [0.717, 1.165) is 17.9 Å². The highest BCUT2D eigenvalue weighted by Crippen LogP contribution is 2.34. The number of rotatable bonds is 8. The van der Waals surface area contributed by atoms with Gasteiger partial charge in [-0.25, -0.2) is 0 Å². The standard InChI is InChI=1S/C16H25NO3/c1-3-16(8-5-9-16)17-11-13(18)12-20-15-7-4-6-14(10-15)19-2/h4,6-7,10,13,17-18H,3,5,8-9,11-12H2,1-2H3. The van der Waals surface area contributed by atoms with Gasteiger partial charge < -0.3 is 19.9 Å². The zero-order chi connectivity index (χ0) is 14.4. The van der Waals surface area contributed by atoms with Crippen LogP contribution in [-0.4, -0.2) is 37.0 Å². The molecule has 1 fully saturated rings. The van der Waals surface area contributed by atoms with Gasteiger partial charge in [0, 0.05) is 18.2 Å². The van der Waals surface area contributed by atoms with Crippen LogP contribution in [-0.2, 0) is 0 Å². The van der Waals surface area contributed by atoms with Gasteiger partial charge in [0.25, 0.3) is 0 Å². The summed E-state index contributed by atoms with van der Waals surface area (Å²) in [5.41, 5.74) is 0.261. The van der Waals surface area contributed by atoms with Crippen molar-refractivity contribution in [1.29, 1.82) is 0 Å². The van der Waals surface area contributed by atoms with Gasteiger partial charge in [-0.3, -0.25) is 0 Å². The first-order chi connectivity index (χ1) is 9.67. The van der Waals surface area contributed by atoms with Crippen molar-refractivity contribution in [2.24, 2.45) is 0 Å². The molecule has 112 valence electrons. The lowest BCUT2D eigenvalue weighted by Gasteiger charge is -2.42. The molecule has 0 aliphatic heterocycles. The van der Waals surface area contributed by atoms with Crippen LogP contribution in [0.15, 0.2) is 24.3 Å². The normalized spacial score (nSPS) is 18.1. The summed E-state index contributed by atoms with van der Waals surface area (Å²) in [6.07, 6.45) is 4.35. The first-order valence-electron chi connectivity index (χ1n) is 7.37. The van der Waals surface area contributed by atoms with Crippen LogP contribution >= 0.6 is 0 Å². The molecule has 0 heterocycles. The summed E-state index contributed by atoms with van der Waals surface area (Å²) < 4.78 is 10.7. The molecule has 1 aliphatic rings. The second kappa shape index (κ2) is 6.95. The number of ether oxygens (including phenoxy) is 2. The van der Waals surface area contributed by atoms with Crippen LogP contribution in [0.2, 0.25) is 0 Å². The maximum Gasteiger partial charge on any atom is 0.123 e. The van der Waals surface area contributed by atoms with Gasteiger partial charge in [-0.05, 0) is 37.8 Å². The Labute approximate surface area is 121 Å². The molecule has 0 spiro atoms. The molecule has 1 aliphatic carbocycles. The van der Waals surface area contributed by atoms with Gasteiger partial charge in [0.2, 0.25) is 0 Å². The van der Waals surface area contributed by atoms with E-state index >= 15 is 0 Å². The van der Waals surface area contributed by atoms with E-state index in [2.05, 4.69) is 12.2 Å². The fourth-order valence-electron chi connectivity index (χ4n) is 2.54. The first kappa shape index (κ1) is 15.1. The third kappa shape index (κ3) is 3.87. The molecule has 0 radical (unpaired) electrons. The molecular formula is C16H25NO3. The Hall–Kier alpha value is -1.26. The monoisotopic (exact) mass is 279 g/mol. The van der Waals surface area contributed by atoms with E-state index < -0.39 is 6.10 Å². The Morgan fingerprint density at radius 1 is 1.35 bits per heavy atom. The molecule has 0 aromatic heterocycles. The van der Waals surface area contributed by atoms with Crippen LogP contribution in [0.25, 0.3) is 0 Å². The van der Waals surface area contributed by atoms with Crippen LogP contribution < -0.4 is 14.8 Å². The molecule has 0 amide bonds. The minimum absolute atomic E-state index is 0.261. The van der Waals surface area contributed by atoms with Crippen LogP contribution in [0.3, 0.4) is 0 Å². The summed E-state index contributed by atoms with van der Waals surface area (Å²) >= 11 is 0. The van der Waals surface area contributed by atoms with Crippen LogP contribution in [0.1, 0.15) is 32.6 Å². The highest BCUT2D eigenvalue weighted by Gasteiger charge is 2.34. The Kier molecular flexibility index (Phi) is 5.26. The van der Waals surface area contributed by atoms with Gasteiger partial charge in [0.15, 0.2) is 0 Å². The van der Waals surface area contributed by atoms with Crippen LogP contribution in [0.4, 0.5) is 0 Å². The Morgan fingerprint density at radius 3 is 2.70 bits per heavy atom. The van der Waals surface area contributed by atoms with E-state index in [-0.39, 0.29) is 5.54 Å². The highest BCUT2D eigenvalue weighted by molar-refractivity contribution is 5.32. The molecule has 2 N–H and O–H groups in total. The summed E-state index contributed by atoms with van der Waals surface area (Å²) in [4.78, 5) is 0. The lowest BCUT2D eigenvalue weighted by molar-refractivity contribution is 0.0811. The molecule has 1 unspecified atom stereocenters. The van der Waals surface area contributed by atoms with E-state index in [9.17, 15) is 5.11 Å². The van der Waals surface area contributed by atoms with Gasteiger partial charge in [0.05, 0.1) is 7.11 Å². The first-order valence-corrected chi connectivity index (χ1v) is 7.37. The number of aliphatic hydroxyl groups is 1. The summed E-state index contributed by atoms with van der Waals surface area (Å²) in [6.45, 7) is 3.07. The largest absolute Gasteiger partial charge is 0.497 e. The zero-order valence-electron chi connectivity index (χ0n) is 12.4. The number of β-amino-alcohol motifs (C(OH)–C–C–N with tert-alkyl or cyclic N) is 1. The third-order valence-electron chi connectivity index (χ3n) is 4.18. The number of benzene rings is 1. The molecule has 0 bridgehead atoms. The van der Waals surface area contributed by atoms with E-state index in [1.54, 1.807) is 7.11 Å². The third-order valence-corrected chi connectivity index (χ3v) is 4.18.